The van der Waals surface area contributed by atoms with Crippen LogP contribution in [0.4, 0.5) is 0 Å². The third-order valence-electron chi connectivity index (χ3n) is 2.72. The molecule has 0 fully saturated rings. The van der Waals surface area contributed by atoms with E-state index in [1.165, 1.54) is 0 Å². The quantitative estimate of drug-likeness (QED) is 0.577. The SMILES string of the molecule is COc1cccc(CNCCNCC(C)O)c1OC. The Morgan fingerprint density at radius 3 is 2.53 bits per heavy atom. The zero-order valence-electron chi connectivity index (χ0n) is 11.9. The molecule has 0 saturated heterocycles. The number of methoxy groups -OCH3 is 2. The lowest BCUT2D eigenvalue weighted by atomic mass is 10.2. The van der Waals surface area contributed by atoms with Crippen LogP contribution in [0.5, 0.6) is 11.5 Å². The standard InChI is InChI=1S/C14H24N2O3/c1-11(17)9-15-7-8-16-10-12-5-4-6-13(18-2)14(12)19-3/h4-6,11,15-17H,7-10H2,1-3H3. The molecule has 5 heteroatoms. The molecule has 1 aromatic rings. The molecule has 0 aliphatic rings. The van der Waals surface area contributed by atoms with Gasteiger partial charge in [0.2, 0.25) is 0 Å². The fourth-order valence-electron chi connectivity index (χ4n) is 1.80. The van der Waals surface area contributed by atoms with Gasteiger partial charge < -0.3 is 25.2 Å². The molecule has 3 N–H and O–H groups in total. The second-order valence-corrected chi connectivity index (χ2v) is 4.38. The van der Waals surface area contributed by atoms with E-state index < -0.39 is 0 Å². The second-order valence-electron chi connectivity index (χ2n) is 4.38. The van der Waals surface area contributed by atoms with Crippen LogP contribution in [0.2, 0.25) is 0 Å². The van der Waals surface area contributed by atoms with E-state index in [0.717, 1.165) is 36.7 Å². The van der Waals surface area contributed by atoms with Gasteiger partial charge in [0.25, 0.3) is 0 Å². The number of rotatable bonds is 9. The number of ether oxygens (including phenoxy) is 2. The predicted octanol–water partition coefficient (Wildman–Crippen LogP) is 0.764. The van der Waals surface area contributed by atoms with Crippen molar-refractivity contribution in [2.24, 2.45) is 0 Å². The van der Waals surface area contributed by atoms with Crippen molar-refractivity contribution in [3.05, 3.63) is 23.8 Å². The van der Waals surface area contributed by atoms with Crippen molar-refractivity contribution in [2.75, 3.05) is 33.9 Å². The van der Waals surface area contributed by atoms with Crippen LogP contribution in [-0.2, 0) is 6.54 Å². The summed E-state index contributed by atoms with van der Waals surface area (Å²) in [6.07, 6.45) is -0.307. The molecule has 0 bridgehead atoms. The Labute approximate surface area is 114 Å². The molecular weight excluding hydrogens is 244 g/mol. The molecule has 0 aliphatic carbocycles. The molecule has 1 unspecified atom stereocenters. The van der Waals surface area contributed by atoms with Crippen LogP contribution < -0.4 is 20.1 Å². The average molecular weight is 268 g/mol. The highest BCUT2D eigenvalue weighted by molar-refractivity contribution is 5.46. The van der Waals surface area contributed by atoms with E-state index in [-0.39, 0.29) is 6.10 Å². The molecule has 1 aromatic carbocycles. The van der Waals surface area contributed by atoms with E-state index in [4.69, 9.17) is 14.6 Å². The summed E-state index contributed by atoms with van der Waals surface area (Å²) in [4.78, 5) is 0. The largest absolute Gasteiger partial charge is 0.493 e. The highest BCUT2D eigenvalue weighted by Crippen LogP contribution is 2.30. The second kappa shape index (κ2) is 8.74. The van der Waals surface area contributed by atoms with Crippen molar-refractivity contribution in [3.63, 3.8) is 0 Å². The van der Waals surface area contributed by atoms with E-state index in [2.05, 4.69) is 10.6 Å². The highest BCUT2D eigenvalue weighted by Gasteiger charge is 2.08. The van der Waals surface area contributed by atoms with Gasteiger partial charge in [-0.25, -0.2) is 0 Å². The Balaban J connectivity index is 2.37. The first-order chi connectivity index (χ1) is 9.19. The van der Waals surface area contributed by atoms with Crippen LogP contribution >= 0.6 is 0 Å². The molecular formula is C14H24N2O3. The Morgan fingerprint density at radius 2 is 1.89 bits per heavy atom. The molecule has 0 radical (unpaired) electrons. The van der Waals surface area contributed by atoms with Crippen LogP contribution in [0, 0.1) is 0 Å². The summed E-state index contributed by atoms with van der Waals surface area (Å²) in [7, 11) is 3.28. The summed E-state index contributed by atoms with van der Waals surface area (Å²) in [5.74, 6) is 1.52. The molecule has 0 amide bonds. The summed E-state index contributed by atoms with van der Waals surface area (Å²) in [6.45, 7) is 4.74. The third-order valence-corrected chi connectivity index (χ3v) is 2.72. The normalized spacial score (nSPS) is 12.2. The van der Waals surface area contributed by atoms with Crippen LogP contribution in [0.1, 0.15) is 12.5 Å². The number of benzene rings is 1. The van der Waals surface area contributed by atoms with Gasteiger partial charge in [0.05, 0.1) is 20.3 Å². The van der Waals surface area contributed by atoms with Gasteiger partial charge in [0, 0.05) is 31.7 Å². The zero-order valence-corrected chi connectivity index (χ0v) is 11.9. The maximum absolute atomic E-state index is 9.10. The van der Waals surface area contributed by atoms with Crippen molar-refractivity contribution in [1.29, 1.82) is 0 Å². The molecule has 0 aromatic heterocycles. The van der Waals surface area contributed by atoms with E-state index >= 15 is 0 Å². The summed E-state index contributed by atoms with van der Waals surface area (Å²) >= 11 is 0. The first kappa shape index (κ1) is 15.8. The average Bonchev–Trinajstić information content (AvgIpc) is 2.41. The summed E-state index contributed by atoms with van der Waals surface area (Å²) in [5, 5.41) is 15.6. The Kier molecular flexibility index (Phi) is 7.25. The van der Waals surface area contributed by atoms with Gasteiger partial charge >= 0.3 is 0 Å². The fraction of sp³-hybridized carbons (Fsp3) is 0.571. The minimum Gasteiger partial charge on any atom is -0.493 e. The van der Waals surface area contributed by atoms with E-state index in [9.17, 15) is 0 Å². The fourth-order valence-corrected chi connectivity index (χ4v) is 1.80. The summed E-state index contributed by atoms with van der Waals surface area (Å²) in [6, 6.07) is 5.84. The molecule has 0 heterocycles. The molecule has 5 nitrogen and oxygen atoms in total. The number of aliphatic hydroxyl groups is 1. The summed E-state index contributed by atoms with van der Waals surface area (Å²) < 4.78 is 10.6. The van der Waals surface area contributed by atoms with E-state index in [0.29, 0.717) is 6.54 Å². The first-order valence-corrected chi connectivity index (χ1v) is 6.48. The molecule has 0 spiro atoms. The number of hydrogen-bond donors (Lipinski definition) is 3. The molecule has 0 aliphatic heterocycles. The van der Waals surface area contributed by atoms with E-state index in [1.807, 2.05) is 18.2 Å². The van der Waals surface area contributed by atoms with Crippen molar-refractivity contribution >= 4 is 0 Å². The smallest absolute Gasteiger partial charge is 0.165 e. The maximum atomic E-state index is 9.10. The Morgan fingerprint density at radius 1 is 1.16 bits per heavy atom. The third kappa shape index (κ3) is 5.46. The van der Waals surface area contributed by atoms with Crippen molar-refractivity contribution in [3.8, 4) is 11.5 Å². The highest BCUT2D eigenvalue weighted by atomic mass is 16.5. The molecule has 19 heavy (non-hydrogen) atoms. The van der Waals surface area contributed by atoms with Crippen LogP contribution in [-0.4, -0.2) is 45.1 Å². The lowest BCUT2D eigenvalue weighted by Crippen LogP contribution is -2.31. The lowest BCUT2D eigenvalue weighted by molar-refractivity contribution is 0.191. The van der Waals surface area contributed by atoms with Gasteiger partial charge in [0.15, 0.2) is 11.5 Å². The number of para-hydroxylation sites is 1. The zero-order chi connectivity index (χ0) is 14.1. The monoisotopic (exact) mass is 268 g/mol. The van der Waals surface area contributed by atoms with Crippen molar-refractivity contribution in [2.45, 2.75) is 19.6 Å². The van der Waals surface area contributed by atoms with Gasteiger partial charge in [-0.1, -0.05) is 12.1 Å². The molecule has 108 valence electrons. The number of nitrogens with one attached hydrogen (secondary N) is 2. The van der Waals surface area contributed by atoms with Crippen LogP contribution in [0.25, 0.3) is 0 Å². The van der Waals surface area contributed by atoms with Gasteiger partial charge in [-0.15, -0.1) is 0 Å². The Hall–Kier alpha value is -1.30. The van der Waals surface area contributed by atoms with E-state index in [1.54, 1.807) is 21.1 Å². The molecule has 1 rings (SSSR count). The van der Waals surface area contributed by atoms with Gasteiger partial charge in [0.1, 0.15) is 0 Å². The lowest BCUT2D eigenvalue weighted by Gasteiger charge is -2.13. The van der Waals surface area contributed by atoms with Crippen molar-refractivity contribution in [1.82, 2.24) is 10.6 Å². The molecule has 1 atom stereocenters. The molecule has 0 saturated carbocycles. The minimum absolute atomic E-state index is 0.307. The Bertz CT molecular complexity index is 370. The van der Waals surface area contributed by atoms with Gasteiger partial charge in [-0.05, 0) is 13.0 Å². The summed E-state index contributed by atoms with van der Waals surface area (Å²) in [5.41, 5.74) is 1.07. The van der Waals surface area contributed by atoms with Gasteiger partial charge in [-0.2, -0.15) is 0 Å². The van der Waals surface area contributed by atoms with Crippen molar-refractivity contribution < 1.29 is 14.6 Å². The number of hydrogen-bond acceptors (Lipinski definition) is 5. The van der Waals surface area contributed by atoms with Crippen LogP contribution in [0.15, 0.2) is 18.2 Å². The topological polar surface area (TPSA) is 62.8 Å². The predicted molar refractivity (Wildman–Crippen MR) is 75.8 cm³/mol. The van der Waals surface area contributed by atoms with Crippen LogP contribution in [0.3, 0.4) is 0 Å². The first-order valence-electron chi connectivity index (χ1n) is 6.48. The number of aliphatic hydroxyl groups excluding tert-OH is 1. The maximum Gasteiger partial charge on any atom is 0.165 e. The minimum atomic E-state index is -0.307. The van der Waals surface area contributed by atoms with Gasteiger partial charge in [-0.3, -0.25) is 0 Å².